The van der Waals surface area contributed by atoms with E-state index in [2.05, 4.69) is 0 Å². The molecule has 2 rings (SSSR count). The maximum atomic E-state index is 11.8. The number of likely N-dealkylation sites (tertiary alicyclic amines) is 1. The topological polar surface area (TPSA) is 66.8 Å². The normalized spacial score (nSPS) is 14.8. The molecule has 1 amide bonds. The molecule has 0 radical (unpaired) electrons. The van der Waals surface area contributed by atoms with Crippen LogP contribution in [0.2, 0.25) is 0 Å². The van der Waals surface area contributed by atoms with Crippen LogP contribution in [-0.4, -0.2) is 41.6 Å². The first-order chi connectivity index (χ1) is 9.49. The Morgan fingerprint density at radius 3 is 2.70 bits per heavy atom. The van der Waals surface area contributed by atoms with E-state index in [9.17, 15) is 9.59 Å². The van der Waals surface area contributed by atoms with Crippen molar-refractivity contribution in [2.45, 2.75) is 20.3 Å². The highest BCUT2D eigenvalue weighted by molar-refractivity contribution is 5.81. The van der Waals surface area contributed by atoms with Gasteiger partial charge < -0.3 is 14.7 Å². The van der Waals surface area contributed by atoms with Crippen LogP contribution < -0.4 is 4.74 Å². The van der Waals surface area contributed by atoms with E-state index in [0.717, 1.165) is 16.9 Å². The van der Waals surface area contributed by atoms with E-state index >= 15 is 0 Å². The molecule has 1 fully saturated rings. The Kier molecular flexibility index (Phi) is 4.27. The highest BCUT2D eigenvalue weighted by Crippen LogP contribution is 2.21. The van der Waals surface area contributed by atoms with Gasteiger partial charge >= 0.3 is 5.97 Å². The molecule has 0 unspecified atom stereocenters. The highest BCUT2D eigenvalue weighted by atomic mass is 16.5. The third-order valence-electron chi connectivity index (χ3n) is 3.71. The third kappa shape index (κ3) is 3.10. The molecule has 108 valence electrons. The SMILES string of the molecule is Cc1cccc(OCCC(=O)N2CC(C(=O)O)C2)c1C. The fraction of sp³-hybridized carbons (Fsp3) is 0.467. The number of ether oxygens (including phenoxy) is 1. The highest BCUT2D eigenvalue weighted by Gasteiger charge is 2.35. The molecule has 0 aliphatic carbocycles. The zero-order valence-corrected chi connectivity index (χ0v) is 11.8. The summed E-state index contributed by atoms with van der Waals surface area (Å²) < 4.78 is 5.62. The molecular formula is C15H19NO4. The Hall–Kier alpha value is -2.04. The number of hydrogen-bond acceptors (Lipinski definition) is 3. The number of carboxylic acid groups (broad SMARTS) is 1. The number of hydrogen-bond donors (Lipinski definition) is 1. The van der Waals surface area contributed by atoms with Crippen LogP contribution in [0.15, 0.2) is 18.2 Å². The molecule has 1 N–H and O–H groups in total. The predicted molar refractivity (Wildman–Crippen MR) is 73.7 cm³/mol. The van der Waals surface area contributed by atoms with Crippen molar-refractivity contribution in [2.75, 3.05) is 19.7 Å². The quantitative estimate of drug-likeness (QED) is 0.888. The minimum atomic E-state index is -0.833. The van der Waals surface area contributed by atoms with Gasteiger partial charge in [-0.15, -0.1) is 0 Å². The largest absolute Gasteiger partial charge is 0.493 e. The summed E-state index contributed by atoms with van der Waals surface area (Å²) in [6.07, 6.45) is 0.278. The average molecular weight is 277 g/mol. The maximum Gasteiger partial charge on any atom is 0.310 e. The van der Waals surface area contributed by atoms with Crippen molar-refractivity contribution >= 4 is 11.9 Å². The van der Waals surface area contributed by atoms with Crippen molar-refractivity contribution in [1.29, 1.82) is 0 Å². The van der Waals surface area contributed by atoms with Crippen LogP contribution in [0.5, 0.6) is 5.75 Å². The average Bonchev–Trinajstić information content (AvgIpc) is 2.32. The van der Waals surface area contributed by atoms with Crippen LogP contribution in [0.4, 0.5) is 0 Å². The third-order valence-corrected chi connectivity index (χ3v) is 3.71. The fourth-order valence-electron chi connectivity index (χ4n) is 2.13. The fourth-order valence-corrected chi connectivity index (χ4v) is 2.13. The summed E-state index contributed by atoms with van der Waals surface area (Å²) in [5.74, 6) is -0.489. The van der Waals surface area contributed by atoms with Crippen LogP contribution in [-0.2, 0) is 9.59 Å². The van der Waals surface area contributed by atoms with Crippen molar-refractivity contribution in [2.24, 2.45) is 5.92 Å². The van der Waals surface area contributed by atoms with Crippen LogP contribution in [0.1, 0.15) is 17.5 Å². The van der Waals surface area contributed by atoms with Crippen molar-refractivity contribution in [3.8, 4) is 5.75 Å². The maximum absolute atomic E-state index is 11.8. The van der Waals surface area contributed by atoms with Gasteiger partial charge in [-0.25, -0.2) is 0 Å². The molecule has 0 spiro atoms. The minimum absolute atomic E-state index is 0.0483. The molecule has 5 nitrogen and oxygen atoms in total. The number of nitrogens with zero attached hydrogens (tertiary/aromatic N) is 1. The smallest absolute Gasteiger partial charge is 0.310 e. The van der Waals surface area contributed by atoms with E-state index in [1.165, 1.54) is 0 Å². The van der Waals surface area contributed by atoms with Crippen LogP contribution in [0.25, 0.3) is 0 Å². The first-order valence-electron chi connectivity index (χ1n) is 6.68. The lowest BCUT2D eigenvalue weighted by Gasteiger charge is -2.36. The zero-order chi connectivity index (χ0) is 14.7. The second kappa shape index (κ2) is 5.94. The van der Waals surface area contributed by atoms with E-state index in [4.69, 9.17) is 9.84 Å². The molecule has 0 saturated carbocycles. The van der Waals surface area contributed by atoms with Crippen molar-refractivity contribution in [3.05, 3.63) is 29.3 Å². The van der Waals surface area contributed by atoms with E-state index in [0.29, 0.717) is 19.7 Å². The number of amides is 1. The summed E-state index contributed by atoms with van der Waals surface area (Å²) in [4.78, 5) is 24.0. The number of benzene rings is 1. The molecule has 20 heavy (non-hydrogen) atoms. The van der Waals surface area contributed by atoms with Gasteiger partial charge in [0.05, 0.1) is 18.9 Å². The standard InChI is InChI=1S/C15H19NO4/c1-10-4-3-5-13(11(10)2)20-7-6-14(17)16-8-12(9-16)15(18)19/h3-5,12H,6-9H2,1-2H3,(H,18,19). The van der Waals surface area contributed by atoms with Gasteiger partial charge in [0.1, 0.15) is 5.75 Å². The second-order valence-corrected chi connectivity index (χ2v) is 5.13. The Morgan fingerprint density at radius 1 is 1.35 bits per heavy atom. The number of carboxylic acids is 1. The van der Waals surface area contributed by atoms with Gasteiger partial charge in [0.15, 0.2) is 0 Å². The number of aliphatic carboxylic acids is 1. The van der Waals surface area contributed by atoms with Crippen molar-refractivity contribution < 1.29 is 19.4 Å². The number of rotatable bonds is 5. The van der Waals surface area contributed by atoms with Crippen LogP contribution in [0, 0.1) is 19.8 Å². The lowest BCUT2D eigenvalue weighted by atomic mass is 10.0. The predicted octanol–water partition coefficient (Wildman–Crippen LogP) is 1.62. The molecule has 0 bridgehead atoms. The summed E-state index contributed by atoms with van der Waals surface area (Å²) >= 11 is 0. The molecule has 1 aliphatic heterocycles. The van der Waals surface area contributed by atoms with Gasteiger partial charge in [-0.3, -0.25) is 9.59 Å². The molecule has 5 heteroatoms. The Bertz CT molecular complexity index is 521. The van der Waals surface area contributed by atoms with Crippen molar-refractivity contribution in [3.63, 3.8) is 0 Å². The zero-order valence-electron chi connectivity index (χ0n) is 11.8. The first kappa shape index (κ1) is 14.4. The van der Waals surface area contributed by atoms with E-state index in [-0.39, 0.29) is 12.3 Å². The van der Waals surface area contributed by atoms with Gasteiger partial charge in [0.25, 0.3) is 0 Å². The van der Waals surface area contributed by atoms with Gasteiger partial charge in [-0.2, -0.15) is 0 Å². The summed E-state index contributed by atoms with van der Waals surface area (Å²) in [6.45, 7) is 4.95. The molecule has 1 aromatic carbocycles. The molecule has 1 aromatic rings. The van der Waals surface area contributed by atoms with Gasteiger partial charge in [-0.1, -0.05) is 12.1 Å². The minimum Gasteiger partial charge on any atom is -0.493 e. The van der Waals surface area contributed by atoms with E-state index in [1.54, 1.807) is 4.90 Å². The summed E-state index contributed by atoms with van der Waals surface area (Å²) in [6, 6.07) is 5.82. The monoisotopic (exact) mass is 277 g/mol. The first-order valence-corrected chi connectivity index (χ1v) is 6.68. The van der Waals surface area contributed by atoms with E-state index in [1.807, 2.05) is 32.0 Å². The number of carbonyl (C=O) groups excluding carboxylic acids is 1. The summed E-state index contributed by atoms with van der Waals surface area (Å²) in [5, 5.41) is 8.75. The number of aryl methyl sites for hydroxylation is 1. The van der Waals surface area contributed by atoms with Crippen molar-refractivity contribution in [1.82, 2.24) is 4.90 Å². The molecule has 0 aromatic heterocycles. The molecule has 1 saturated heterocycles. The molecule has 1 heterocycles. The number of carbonyl (C=O) groups is 2. The Balaban J connectivity index is 1.75. The summed E-state index contributed by atoms with van der Waals surface area (Å²) in [7, 11) is 0. The second-order valence-electron chi connectivity index (χ2n) is 5.13. The van der Waals surface area contributed by atoms with Crippen LogP contribution in [0.3, 0.4) is 0 Å². The van der Waals surface area contributed by atoms with Gasteiger partial charge in [0, 0.05) is 13.1 Å². The summed E-state index contributed by atoms with van der Waals surface area (Å²) in [5.41, 5.74) is 2.23. The molecule has 0 atom stereocenters. The molecular weight excluding hydrogens is 258 g/mol. The Morgan fingerprint density at radius 2 is 2.05 bits per heavy atom. The lowest BCUT2D eigenvalue weighted by molar-refractivity contribution is -0.152. The van der Waals surface area contributed by atoms with Crippen LogP contribution >= 0.6 is 0 Å². The Labute approximate surface area is 118 Å². The lowest BCUT2D eigenvalue weighted by Crippen LogP contribution is -2.53. The van der Waals surface area contributed by atoms with Gasteiger partial charge in [-0.05, 0) is 31.0 Å². The van der Waals surface area contributed by atoms with E-state index < -0.39 is 11.9 Å². The molecule has 1 aliphatic rings. The van der Waals surface area contributed by atoms with Gasteiger partial charge in [0.2, 0.25) is 5.91 Å².